The summed E-state index contributed by atoms with van der Waals surface area (Å²) in [6.07, 6.45) is 0.765. The van der Waals surface area contributed by atoms with Crippen molar-refractivity contribution in [3.05, 3.63) is 40.3 Å². The predicted octanol–water partition coefficient (Wildman–Crippen LogP) is 3.33. The van der Waals surface area contributed by atoms with Gasteiger partial charge in [0.1, 0.15) is 5.00 Å². The SMILES string of the molecule is CCOC(=O)c1c(NC(=O)COc2ccccc2OC)sc2c1CCN(CC)C2. The van der Waals surface area contributed by atoms with Gasteiger partial charge in [-0.05, 0) is 37.6 Å². The number of benzene rings is 1. The molecule has 1 aromatic carbocycles. The number of ether oxygens (including phenoxy) is 3. The Balaban J connectivity index is 1.76. The number of fused-ring (bicyclic) bond motifs is 1. The van der Waals surface area contributed by atoms with Gasteiger partial charge in [-0.3, -0.25) is 9.69 Å². The minimum absolute atomic E-state index is 0.188. The second-order valence-corrected chi connectivity index (χ2v) is 7.64. The molecule has 8 heteroatoms. The molecule has 2 heterocycles. The molecule has 156 valence electrons. The first kappa shape index (κ1) is 21.1. The highest BCUT2D eigenvalue weighted by Gasteiger charge is 2.29. The average Bonchev–Trinajstić information content (AvgIpc) is 3.09. The fourth-order valence-electron chi connectivity index (χ4n) is 3.28. The smallest absolute Gasteiger partial charge is 0.341 e. The zero-order chi connectivity index (χ0) is 20.8. The van der Waals surface area contributed by atoms with Crippen LogP contribution in [0.1, 0.15) is 34.6 Å². The van der Waals surface area contributed by atoms with Gasteiger partial charge in [0, 0.05) is 18.0 Å². The normalized spacial score (nSPS) is 13.5. The molecule has 0 unspecified atom stereocenters. The molecule has 1 N–H and O–H groups in total. The number of nitrogens with one attached hydrogen (secondary N) is 1. The zero-order valence-electron chi connectivity index (χ0n) is 16.9. The van der Waals surface area contributed by atoms with E-state index < -0.39 is 5.97 Å². The molecular formula is C21H26N2O5S. The highest BCUT2D eigenvalue weighted by atomic mass is 32.1. The van der Waals surface area contributed by atoms with Gasteiger partial charge in [-0.2, -0.15) is 0 Å². The molecule has 1 aromatic heterocycles. The molecule has 0 saturated heterocycles. The van der Waals surface area contributed by atoms with Crippen LogP contribution in [-0.4, -0.2) is 50.2 Å². The molecule has 0 bridgehead atoms. The molecule has 1 aliphatic heterocycles. The Kier molecular flexibility index (Phi) is 7.11. The number of para-hydroxylation sites is 2. The van der Waals surface area contributed by atoms with Gasteiger partial charge >= 0.3 is 5.97 Å². The summed E-state index contributed by atoms with van der Waals surface area (Å²) >= 11 is 1.44. The standard InChI is InChI=1S/C21H26N2O5S/c1-4-23-11-10-14-17(12-23)29-20(19(14)21(25)27-5-2)22-18(24)13-28-16-9-7-6-8-15(16)26-3/h6-9H,4-5,10-13H2,1-3H3,(H,22,24). The number of anilines is 1. The van der Waals surface area contributed by atoms with Gasteiger partial charge in [0.05, 0.1) is 19.3 Å². The van der Waals surface area contributed by atoms with E-state index >= 15 is 0 Å². The first-order chi connectivity index (χ1) is 14.1. The molecule has 3 rings (SSSR count). The van der Waals surface area contributed by atoms with Crippen molar-refractivity contribution in [1.29, 1.82) is 0 Å². The van der Waals surface area contributed by atoms with Gasteiger partial charge in [-0.15, -0.1) is 11.3 Å². The number of esters is 1. The number of hydrogen-bond acceptors (Lipinski definition) is 7. The van der Waals surface area contributed by atoms with Crippen LogP contribution in [0.2, 0.25) is 0 Å². The van der Waals surface area contributed by atoms with Crippen molar-refractivity contribution in [2.24, 2.45) is 0 Å². The lowest BCUT2D eigenvalue weighted by Crippen LogP contribution is -2.30. The minimum atomic E-state index is -0.393. The number of nitrogens with zero attached hydrogens (tertiary/aromatic N) is 1. The first-order valence-corrected chi connectivity index (χ1v) is 10.5. The molecule has 7 nitrogen and oxygen atoms in total. The lowest BCUT2D eigenvalue weighted by molar-refractivity contribution is -0.118. The maximum Gasteiger partial charge on any atom is 0.341 e. The van der Waals surface area contributed by atoms with E-state index in [1.165, 1.54) is 11.3 Å². The summed E-state index contributed by atoms with van der Waals surface area (Å²) < 4.78 is 16.1. The van der Waals surface area contributed by atoms with Crippen LogP contribution in [0.4, 0.5) is 5.00 Å². The number of hydrogen-bond donors (Lipinski definition) is 1. The number of carbonyl (C=O) groups is 2. The van der Waals surface area contributed by atoms with E-state index in [1.54, 1.807) is 32.2 Å². The van der Waals surface area contributed by atoms with E-state index in [2.05, 4.69) is 17.1 Å². The Hall–Kier alpha value is -2.58. The Morgan fingerprint density at radius 1 is 1.21 bits per heavy atom. The summed E-state index contributed by atoms with van der Waals surface area (Å²) in [6, 6.07) is 7.13. The van der Waals surface area contributed by atoms with Gasteiger partial charge in [0.25, 0.3) is 5.91 Å². The summed E-state index contributed by atoms with van der Waals surface area (Å²) in [6.45, 7) is 6.59. The molecule has 0 aliphatic carbocycles. The second kappa shape index (κ2) is 9.76. The van der Waals surface area contributed by atoms with Crippen LogP contribution in [0.5, 0.6) is 11.5 Å². The van der Waals surface area contributed by atoms with E-state index in [4.69, 9.17) is 14.2 Å². The number of amides is 1. The molecule has 0 fully saturated rings. The first-order valence-electron chi connectivity index (χ1n) is 9.67. The maximum atomic E-state index is 12.6. The quantitative estimate of drug-likeness (QED) is 0.663. The molecular weight excluding hydrogens is 392 g/mol. The Bertz CT molecular complexity index is 880. The van der Waals surface area contributed by atoms with Gasteiger partial charge in [0.15, 0.2) is 18.1 Å². The van der Waals surface area contributed by atoms with E-state index in [-0.39, 0.29) is 19.1 Å². The minimum Gasteiger partial charge on any atom is -0.493 e. The van der Waals surface area contributed by atoms with Crippen LogP contribution >= 0.6 is 11.3 Å². The van der Waals surface area contributed by atoms with E-state index in [0.717, 1.165) is 36.5 Å². The highest BCUT2D eigenvalue weighted by molar-refractivity contribution is 7.17. The third-order valence-corrected chi connectivity index (χ3v) is 5.88. The Morgan fingerprint density at radius 2 is 1.97 bits per heavy atom. The Morgan fingerprint density at radius 3 is 2.66 bits per heavy atom. The number of rotatable bonds is 8. The zero-order valence-corrected chi connectivity index (χ0v) is 17.8. The van der Waals surface area contributed by atoms with Gasteiger partial charge in [-0.25, -0.2) is 4.79 Å². The molecule has 0 saturated carbocycles. The molecule has 29 heavy (non-hydrogen) atoms. The van der Waals surface area contributed by atoms with E-state index in [9.17, 15) is 9.59 Å². The van der Waals surface area contributed by atoms with Crippen molar-refractivity contribution in [2.75, 3.05) is 38.7 Å². The Labute approximate surface area is 174 Å². The lowest BCUT2D eigenvalue weighted by atomic mass is 10.0. The number of methoxy groups -OCH3 is 1. The van der Waals surface area contributed by atoms with Crippen molar-refractivity contribution >= 4 is 28.2 Å². The topological polar surface area (TPSA) is 77.1 Å². The third kappa shape index (κ3) is 4.89. The van der Waals surface area contributed by atoms with Crippen LogP contribution < -0.4 is 14.8 Å². The largest absolute Gasteiger partial charge is 0.493 e. The number of carbonyl (C=O) groups excluding carboxylic acids is 2. The summed E-state index contributed by atoms with van der Waals surface area (Å²) in [7, 11) is 1.55. The summed E-state index contributed by atoms with van der Waals surface area (Å²) in [4.78, 5) is 28.5. The fraction of sp³-hybridized carbons (Fsp3) is 0.429. The van der Waals surface area contributed by atoms with Crippen LogP contribution in [0.15, 0.2) is 24.3 Å². The molecule has 1 amide bonds. The summed E-state index contributed by atoms with van der Waals surface area (Å²) in [5, 5.41) is 3.37. The number of thiophene rings is 1. The third-order valence-electron chi connectivity index (χ3n) is 4.74. The van der Waals surface area contributed by atoms with Crippen molar-refractivity contribution < 1.29 is 23.8 Å². The van der Waals surface area contributed by atoms with Crippen LogP contribution in [0.3, 0.4) is 0 Å². The predicted molar refractivity (Wildman–Crippen MR) is 112 cm³/mol. The van der Waals surface area contributed by atoms with Crippen LogP contribution in [0.25, 0.3) is 0 Å². The number of likely N-dealkylation sites (N-methyl/N-ethyl adjacent to an activating group) is 1. The fourth-order valence-corrected chi connectivity index (χ4v) is 4.57. The molecule has 0 atom stereocenters. The van der Waals surface area contributed by atoms with Crippen molar-refractivity contribution in [3.63, 3.8) is 0 Å². The van der Waals surface area contributed by atoms with Crippen LogP contribution in [-0.2, 0) is 22.5 Å². The average molecular weight is 419 g/mol. The summed E-state index contributed by atoms with van der Waals surface area (Å²) in [5.74, 6) is 0.307. The van der Waals surface area contributed by atoms with Gasteiger partial charge in [0.2, 0.25) is 0 Å². The molecule has 0 spiro atoms. The van der Waals surface area contributed by atoms with Crippen LogP contribution in [0, 0.1) is 0 Å². The monoisotopic (exact) mass is 418 g/mol. The van der Waals surface area contributed by atoms with Crippen molar-refractivity contribution in [3.8, 4) is 11.5 Å². The molecule has 1 aliphatic rings. The van der Waals surface area contributed by atoms with E-state index in [1.807, 2.05) is 6.07 Å². The maximum absolute atomic E-state index is 12.6. The van der Waals surface area contributed by atoms with Gasteiger partial charge < -0.3 is 19.5 Å². The highest BCUT2D eigenvalue weighted by Crippen LogP contribution is 2.37. The van der Waals surface area contributed by atoms with Gasteiger partial charge in [-0.1, -0.05) is 19.1 Å². The molecule has 2 aromatic rings. The molecule has 0 radical (unpaired) electrons. The second-order valence-electron chi connectivity index (χ2n) is 6.53. The van der Waals surface area contributed by atoms with Crippen molar-refractivity contribution in [2.45, 2.75) is 26.8 Å². The van der Waals surface area contributed by atoms with E-state index in [0.29, 0.717) is 22.1 Å². The van der Waals surface area contributed by atoms with Crippen molar-refractivity contribution in [1.82, 2.24) is 4.90 Å². The summed E-state index contributed by atoms with van der Waals surface area (Å²) in [5.41, 5.74) is 1.47. The lowest BCUT2D eigenvalue weighted by Gasteiger charge is -2.25.